The Kier molecular flexibility index (Phi) is 5.12. The van der Waals surface area contributed by atoms with Gasteiger partial charge in [0.05, 0.1) is 18.2 Å². The Hall–Kier alpha value is -1.68. The van der Waals surface area contributed by atoms with Crippen molar-refractivity contribution >= 4 is 0 Å². The predicted octanol–water partition coefficient (Wildman–Crippen LogP) is 2.42. The van der Waals surface area contributed by atoms with Gasteiger partial charge < -0.3 is 15.5 Å². The lowest BCUT2D eigenvalue weighted by Gasteiger charge is -2.27. The summed E-state index contributed by atoms with van der Waals surface area (Å²) in [5.74, 6) is 0. The summed E-state index contributed by atoms with van der Waals surface area (Å²) >= 11 is 0. The smallest absolute Gasteiger partial charge is 0.0973 e. The van der Waals surface area contributed by atoms with Gasteiger partial charge in [0.25, 0.3) is 0 Å². The van der Waals surface area contributed by atoms with Gasteiger partial charge in [-0.1, -0.05) is 54.6 Å². The van der Waals surface area contributed by atoms with Crippen LogP contribution in [0.1, 0.15) is 29.7 Å². The number of aliphatic hydroxyl groups excluding tert-OH is 1. The first-order chi connectivity index (χ1) is 10.0. The van der Waals surface area contributed by atoms with Gasteiger partial charge in [0, 0.05) is 6.54 Å². The molecule has 2 aromatic rings. The molecule has 3 nitrogen and oxygen atoms in total. The first-order valence-corrected chi connectivity index (χ1v) is 7.20. The van der Waals surface area contributed by atoms with Crippen LogP contribution in [0.15, 0.2) is 54.6 Å². The highest BCUT2D eigenvalue weighted by Crippen LogP contribution is 2.25. The third-order valence-corrected chi connectivity index (χ3v) is 3.66. The number of aryl methyl sites for hydroxylation is 1. The molecule has 0 spiro atoms. The average molecular weight is 285 g/mol. The van der Waals surface area contributed by atoms with Crippen molar-refractivity contribution < 1.29 is 10.2 Å². The SMILES string of the molecule is Cc1ccccc1C(NCC(C)(O)CO)c1ccccc1. The van der Waals surface area contributed by atoms with Crippen LogP contribution >= 0.6 is 0 Å². The fraction of sp³-hybridized carbons (Fsp3) is 0.333. The van der Waals surface area contributed by atoms with Gasteiger partial charge in [0.2, 0.25) is 0 Å². The number of nitrogens with one attached hydrogen (secondary N) is 1. The molecule has 2 aromatic carbocycles. The highest BCUT2D eigenvalue weighted by Gasteiger charge is 2.22. The lowest BCUT2D eigenvalue weighted by molar-refractivity contribution is 0.00148. The Morgan fingerprint density at radius 2 is 1.67 bits per heavy atom. The Morgan fingerprint density at radius 3 is 2.29 bits per heavy atom. The summed E-state index contributed by atoms with van der Waals surface area (Å²) in [5.41, 5.74) is 2.39. The molecule has 0 bridgehead atoms. The Balaban J connectivity index is 2.30. The van der Waals surface area contributed by atoms with E-state index in [1.165, 1.54) is 11.1 Å². The molecule has 0 radical (unpaired) electrons. The van der Waals surface area contributed by atoms with E-state index in [4.69, 9.17) is 0 Å². The molecule has 0 saturated heterocycles. The monoisotopic (exact) mass is 285 g/mol. The molecule has 0 aliphatic rings. The quantitative estimate of drug-likeness (QED) is 0.764. The van der Waals surface area contributed by atoms with E-state index >= 15 is 0 Å². The number of rotatable bonds is 6. The maximum atomic E-state index is 10.0. The first kappa shape index (κ1) is 15.7. The molecule has 0 saturated carbocycles. The Morgan fingerprint density at radius 1 is 1.05 bits per heavy atom. The van der Waals surface area contributed by atoms with Crippen molar-refractivity contribution in [2.24, 2.45) is 0 Å². The van der Waals surface area contributed by atoms with Crippen LogP contribution in [0.25, 0.3) is 0 Å². The zero-order valence-corrected chi connectivity index (χ0v) is 12.6. The molecular weight excluding hydrogens is 262 g/mol. The van der Waals surface area contributed by atoms with Crippen molar-refractivity contribution in [1.29, 1.82) is 0 Å². The minimum absolute atomic E-state index is 0.00887. The molecule has 0 fully saturated rings. The molecule has 2 unspecified atom stereocenters. The highest BCUT2D eigenvalue weighted by atomic mass is 16.3. The molecule has 0 amide bonds. The third-order valence-electron chi connectivity index (χ3n) is 3.66. The summed E-state index contributed by atoms with van der Waals surface area (Å²) in [4.78, 5) is 0. The van der Waals surface area contributed by atoms with Crippen molar-refractivity contribution in [2.45, 2.75) is 25.5 Å². The topological polar surface area (TPSA) is 52.5 Å². The second-order valence-electron chi connectivity index (χ2n) is 5.74. The van der Waals surface area contributed by atoms with E-state index in [-0.39, 0.29) is 12.6 Å². The second kappa shape index (κ2) is 6.85. The van der Waals surface area contributed by atoms with Crippen molar-refractivity contribution in [2.75, 3.05) is 13.2 Å². The van der Waals surface area contributed by atoms with Crippen LogP contribution < -0.4 is 5.32 Å². The lowest BCUT2D eigenvalue weighted by atomic mass is 9.94. The van der Waals surface area contributed by atoms with E-state index in [0.29, 0.717) is 6.54 Å². The molecule has 0 aliphatic carbocycles. The molecule has 3 N–H and O–H groups in total. The van der Waals surface area contributed by atoms with Crippen molar-refractivity contribution in [3.05, 3.63) is 71.3 Å². The second-order valence-corrected chi connectivity index (χ2v) is 5.74. The van der Waals surface area contributed by atoms with Crippen LogP contribution in [0.4, 0.5) is 0 Å². The van der Waals surface area contributed by atoms with Gasteiger partial charge in [-0.2, -0.15) is 0 Å². The molecule has 2 atom stereocenters. The third kappa shape index (κ3) is 4.14. The van der Waals surface area contributed by atoms with E-state index in [1.807, 2.05) is 30.3 Å². The summed E-state index contributed by atoms with van der Waals surface area (Å²) in [7, 11) is 0. The van der Waals surface area contributed by atoms with Crippen LogP contribution in [0.3, 0.4) is 0 Å². The summed E-state index contributed by atoms with van der Waals surface area (Å²) in [6.45, 7) is 3.75. The summed E-state index contributed by atoms with van der Waals surface area (Å²) < 4.78 is 0. The van der Waals surface area contributed by atoms with Crippen LogP contribution in [-0.2, 0) is 0 Å². The van der Waals surface area contributed by atoms with E-state index in [0.717, 1.165) is 5.56 Å². The standard InChI is InChI=1S/C18H23NO2/c1-14-8-6-7-11-16(14)17(15-9-4-3-5-10-15)19-12-18(2,21)13-20/h3-11,17,19-21H,12-13H2,1-2H3. The molecule has 0 aliphatic heterocycles. The van der Waals surface area contributed by atoms with E-state index < -0.39 is 5.60 Å². The Bertz CT molecular complexity index is 566. The van der Waals surface area contributed by atoms with E-state index in [2.05, 4.69) is 36.5 Å². The van der Waals surface area contributed by atoms with Gasteiger partial charge in [-0.25, -0.2) is 0 Å². The average Bonchev–Trinajstić information content (AvgIpc) is 2.50. The van der Waals surface area contributed by atoms with Crippen LogP contribution in [0.2, 0.25) is 0 Å². The zero-order valence-electron chi connectivity index (χ0n) is 12.6. The Labute approximate surface area is 126 Å². The number of hydrogen-bond acceptors (Lipinski definition) is 3. The minimum atomic E-state index is -1.13. The van der Waals surface area contributed by atoms with Crippen molar-refractivity contribution in [3.63, 3.8) is 0 Å². The van der Waals surface area contributed by atoms with E-state index in [1.54, 1.807) is 6.92 Å². The van der Waals surface area contributed by atoms with Gasteiger partial charge in [0.1, 0.15) is 0 Å². The minimum Gasteiger partial charge on any atom is -0.393 e. The van der Waals surface area contributed by atoms with Crippen LogP contribution in [0, 0.1) is 6.92 Å². The van der Waals surface area contributed by atoms with Gasteiger partial charge >= 0.3 is 0 Å². The molecular formula is C18H23NO2. The van der Waals surface area contributed by atoms with Gasteiger partial charge in [0.15, 0.2) is 0 Å². The maximum Gasteiger partial charge on any atom is 0.0973 e. The highest BCUT2D eigenvalue weighted by molar-refractivity contribution is 5.36. The molecule has 0 aromatic heterocycles. The molecule has 3 heteroatoms. The van der Waals surface area contributed by atoms with E-state index in [9.17, 15) is 10.2 Å². The van der Waals surface area contributed by atoms with Crippen molar-refractivity contribution in [1.82, 2.24) is 5.32 Å². The number of benzene rings is 2. The van der Waals surface area contributed by atoms with Crippen LogP contribution in [0.5, 0.6) is 0 Å². The van der Waals surface area contributed by atoms with Gasteiger partial charge in [-0.05, 0) is 30.5 Å². The lowest BCUT2D eigenvalue weighted by Crippen LogP contribution is -2.42. The number of aliphatic hydroxyl groups is 2. The molecule has 112 valence electrons. The normalized spacial score (nSPS) is 15.4. The van der Waals surface area contributed by atoms with Crippen LogP contribution in [-0.4, -0.2) is 29.0 Å². The predicted molar refractivity (Wildman–Crippen MR) is 85.2 cm³/mol. The van der Waals surface area contributed by atoms with Gasteiger partial charge in [-0.15, -0.1) is 0 Å². The fourth-order valence-electron chi connectivity index (χ4n) is 2.34. The summed E-state index contributed by atoms with van der Waals surface area (Å²) in [6.07, 6.45) is 0. The summed E-state index contributed by atoms with van der Waals surface area (Å²) in [5, 5.41) is 22.6. The van der Waals surface area contributed by atoms with Crippen molar-refractivity contribution in [3.8, 4) is 0 Å². The largest absolute Gasteiger partial charge is 0.393 e. The molecule has 21 heavy (non-hydrogen) atoms. The number of hydrogen-bond donors (Lipinski definition) is 3. The van der Waals surface area contributed by atoms with Gasteiger partial charge in [-0.3, -0.25) is 0 Å². The first-order valence-electron chi connectivity index (χ1n) is 7.20. The summed E-state index contributed by atoms with van der Waals surface area (Å²) in [6, 6.07) is 18.3. The maximum absolute atomic E-state index is 10.0. The molecule has 2 rings (SSSR count). The fourth-order valence-corrected chi connectivity index (χ4v) is 2.34. The molecule has 0 heterocycles. The zero-order chi connectivity index (χ0) is 15.3.